The second kappa shape index (κ2) is 6.72. The fourth-order valence-corrected chi connectivity index (χ4v) is 2.54. The van der Waals surface area contributed by atoms with Crippen LogP contribution in [-0.4, -0.2) is 17.4 Å². The monoisotopic (exact) mass is 350 g/mol. The lowest BCUT2D eigenvalue weighted by molar-refractivity contribution is 0.0752. The largest absolute Gasteiger partial charge is 0.398 e. The smallest absolute Gasteiger partial charge is 0.254 e. The average Bonchev–Trinajstić information content (AvgIpc) is 2.44. The van der Waals surface area contributed by atoms with Gasteiger partial charge in [-0.3, -0.25) is 4.79 Å². The number of benzene rings is 2. The van der Waals surface area contributed by atoms with E-state index in [9.17, 15) is 9.18 Å². The lowest BCUT2D eigenvalue weighted by Crippen LogP contribution is -2.30. The number of amides is 1. The predicted octanol–water partition coefficient (Wildman–Crippen LogP) is 3.83. The number of para-hydroxylation sites is 1. The number of anilines is 1. The Bertz CT molecular complexity index is 640. The fraction of sp³-hybridized carbons (Fsp3) is 0.188. The average molecular weight is 351 g/mol. The van der Waals surface area contributed by atoms with Crippen LogP contribution in [0.2, 0.25) is 0 Å². The molecule has 0 heterocycles. The number of carbonyl (C=O) groups is 1. The first-order chi connectivity index (χ1) is 10.0. The summed E-state index contributed by atoms with van der Waals surface area (Å²) in [6, 6.07) is 11.6. The summed E-state index contributed by atoms with van der Waals surface area (Å²) in [6.07, 6.45) is 0. The molecule has 0 aromatic heterocycles. The van der Waals surface area contributed by atoms with Crippen LogP contribution < -0.4 is 5.73 Å². The fourth-order valence-electron chi connectivity index (χ4n) is 2.07. The highest BCUT2D eigenvalue weighted by atomic mass is 79.9. The Morgan fingerprint density at radius 2 is 2.00 bits per heavy atom. The van der Waals surface area contributed by atoms with Crippen molar-refractivity contribution in [2.45, 2.75) is 13.5 Å². The standard InChI is InChI=1S/C16H16BrFN2O/c1-2-20(10-11-5-3-4-6-15(11)19)16(21)12-7-13(17)9-14(18)8-12/h3-9H,2,10,19H2,1H3. The zero-order valence-corrected chi connectivity index (χ0v) is 13.2. The molecule has 0 saturated heterocycles. The quantitative estimate of drug-likeness (QED) is 0.851. The molecular formula is C16H16BrFN2O. The minimum absolute atomic E-state index is 0.221. The molecule has 110 valence electrons. The summed E-state index contributed by atoms with van der Waals surface area (Å²) >= 11 is 3.20. The molecule has 3 nitrogen and oxygen atoms in total. The van der Waals surface area contributed by atoms with Crippen LogP contribution >= 0.6 is 15.9 Å². The van der Waals surface area contributed by atoms with Gasteiger partial charge in [-0.2, -0.15) is 0 Å². The third-order valence-corrected chi connectivity index (χ3v) is 3.65. The molecular weight excluding hydrogens is 335 g/mol. The number of nitrogens with two attached hydrogens (primary N) is 1. The van der Waals surface area contributed by atoms with Gasteiger partial charge in [0, 0.05) is 28.8 Å². The first-order valence-corrected chi connectivity index (χ1v) is 7.39. The van der Waals surface area contributed by atoms with E-state index in [2.05, 4.69) is 15.9 Å². The van der Waals surface area contributed by atoms with E-state index in [1.54, 1.807) is 17.0 Å². The van der Waals surface area contributed by atoms with Gasteiger partial charge >= 0.3 is 0 Å². The van der Waals surface area contributed by atoms with Crippen molar-refractivity contribution >= 4 is 27.5 Å². The van der Waals surface area contributed by atoms with Crippen LogP contribution in [0.5, 0.6) is 0 Å². The van der Waals surface area contributed by atoms with Gasteiger partial charge in [0.15, 0.2) is 0 Å². The number of nitrogens with zero attached hydrogens (tertiary/aromatic N) is 1. The molecule has 21 heavy (non-hydrogen) atoms. The predicted molar refractivity (Wildman–Crippen MR) is 85.4 cm³/mol. The van der Waals surface area contributed by atoms with Crippen molar-refractivity contribution in [2.24, 2.45) is 0 Å². The van der Waals surface area contributed by atoms with E-state index in [-0.39, 0.29) is 5.91 Å². The molecule has 0 radical (unpaired) electrons. The van der Waals surface area contributed by atoms with E-state index in [0.29, 0.717) is 28.8 Å². The second-order valence-electron chi connectivity index (χ2n) is 4.68. The minimum Gasteiger partial charge on any atom is -0.398 e. The van der Waals surface area contributed by atoms with Gasteiger partial charge < -0.3 is 10.6 Å². The molecule has 2 aromatic carbocycles. The van der Waals surface area contributed by atoms with Gasteiger partial charge in [0.25, 0.3) is 5.91 Å². The van der Waals surface area contributed by atoms with E-state index in [4.69, 9.17) is 5.73 Å². The number of hydrogen-bond acceptors (Lipinski definition) is 2. The summed E-state index contributed by atoms with van der Waals surface area (Å²) in [4.78, 5) is 14.1. The van der Waals surface area contributed by atoms with E-state index < -0.39 is 5.82 Å². The normalized spacial score (nSPS) is 10.4. The Kier molecular flexibility index (Phi) is 4.96. The minimum atomic E-state index is -0.442. The maximum absolute atomic E-state index is 13.4. The maximum atomic E-state index is 13.4. The van der Waals surface area contributed by atoms with Crippen molar-refractivity contribution < 1.29 is 9.18 Å². The third kappa shape index (κ3) is 3.82. The molecule has 0 saturated carbocycles. The van der Waals surface area contributed by atoms with Gasteiger partial charge in [0.1, 0.15) is 5.82 Å². The first-order valence-electron chi connectivity index (χ1n) is 6.60. The van der Waals surface area contributed by atoms with Gasteiger partial charge in [-0.15, -0.1) is 0 Å². The summed E-state index contributed by atoms with van der Waals surface area (Å²) in [7, 11) is 0. The van der Waals surface area contributed by atoms with Gasteiger partial charge in [0.2, 0.25) is 0 Å². The van der Waals surface area contributed by atoms with Crippen LogP contribution in [-0.2, 0) is 6.54 Å². The highest BCUT2D eigenvalue weighted by Crippen LogP contribution is 2.19. The highest BCUT2D eigenvalue weighted by Gasteiger charge is 2.16. The van der Waals surface area contributed by atoms with E-state index >= 15 is 0 Å². The topological polar surface area (TPSA) is 46.3 Å². The number of halogens is 2. The lowest BCUT2D eigenvalue weighted by atomic mass is 10.1. The van der Waals surface area contributed by atoms with Crippen LogP contribution in [0.3, 0.4) is 0 Å². The molecule has 0 bridgehead atoms. The molecule has 0 aliphatic rings. The van der Waals surface area contributed by atoms with Crippen LogP contribution in [0.15, 0.2) is 46.9 Å². The summed E-state index contributed by atoms with van der Waals surface area (Å²) in [5, 5.41) is 0. The molecule has 2 N–H and O–H groups in total. The summed E-state index contributed by atoms with van der Waals surface area (Å²) in [5.74, 6) is -0.663. The van der Waals surface area contributed by atoms with Crippen molar-refractivity contribution in [1.29, 1.82) is 0 Å². The SMILES string of the molecule is CCN(Cc1ccccc1N)C(=O)c1cc(F)cc(Br)c1. The molecule has 2 rings (SSSR count). The number of hydrogen-bond donors (Lipinski definition) is 1. The summed E-state index contributed by atoms with van der Waals surface area (Å²) < 4.78 is 14.0. The maximum Gasteiger partial charge on any atom is 0.254 e. The van der Waals surface area contributed by atoms with Crippen LogP contribution in [0, 0.1) is 5.82 Å². The first kappa shape index (κ1) is 15.5. The molecule has 1 amide bonds. The molecule has 5 heteroatoms. The third-order valence-electron chi connectivity index (χ3n) is 3.19. The number of rotatable bonds is 4. The van der Waals surface area contributed by atoms with Gasteiger partial charge in [-0.05, 0) is 36.8 Å². The van der Waals surface area contributed by atoms with Crippen LogP contribution in [0.1, 0.15) is 22.8 Å². The van der Waals surface area contributed by atoms with Crippen molar-refractivity contribution in [3.8, 4) is 0 Å². The molecule has 0 fully saturated rings. The van der Waals surface area contributed by atoms with Crippen molar-refractivity contribution in [3.63, 3.8) is 0 Å². The van der Waals surface area contributed by atoms with Gasteiger partial charge in [0.05, 0.1) is 0 Å². The van der Waals surface area contributed by atoms with E-state index in [0.717, 1.165) is 5.56 Å². The molecule has 0 aliphatic heterocycles. The molecule has 0 atom stereocenters. The van der Waals surface area contributed by atoms with Crippen LogP contribution in [0.25, 0.3) is 0 Å². The Morgan fingerprint density at radius 1 is 1.29 bits per heavy atom. The zero-order valence-electron chi connectivity index (χ0n) is 11.6. The van der Waals surface area contributed by atoms with Crippen molar-refractivity contribution in [2.75, 3.05) is 12.3 Å². The van der Waals surface area contributed by atoms with E-state index in [1.807, 2.05) is 25.1 Å². The van der Waals surface area contributed by atoms with Crippen molar-refractivity contribution in [1.82, 2.24) is 4.90 Å². The van der Waals surface area contributed by atoms with Crippen LogP contribution in [0.4, 0.5) is 10.1 Å². The highest BCUT2D eigenvalue weighted by molar-refractivity contribution is 9.10. The summed E-state index contributed by atoms with van der Waals surface area (Å²) in [6.45, 7) is 2.79. The molecule has 0 aliphatic carbocycles. The second-order valence-corrected chi connectivity index (χ2v) is 5.59. The Balaban J connectivity index is 2.24. The Morgan fingerprint density at radius 3 is 2.62 bits per heavy atom. The Labute approximate surface area is 131 Å². The number of nitrogen functional groups attached to an aromatic ring is 1. The van der Waals surface area contributed by atoms with Gasteiger partial charge in [-0.1, -0.05) is 34.1 Å². The molecule has 0 spiro atoms. The Hall–Kier alpha value is -1.88. The summed E-state index contributed by atoms with van der Waals surface area (Å²) in [5.41, 5.74) is 7.74. The molecule has 2 aromatic rings. The molecule has 0 unspecified atom stereocenters. The zero-order chi connectivity index (χ0) is 15.4. The van der Waals surface area contributed by atoms with E-state index in [1.165, 1.54) is 12.1 Å². The van der Waals surface area contributed by atoms with Gasteiger partial charge in [-0.25, -0.2) is 4.39 Å². The van der Waals surface area contributed by atoms with Crippen molar-refractivity contribution in [3.05, 3.63) is 63.9 Å². The lowest BCUT2D eigenvalue weighted by Gasteiger charge is -2.22. The number of carbonyl (C=O) groups excluding carboxylic acids is 1.